The maximum absolute atomic E-state index is 12.8. The molecule has 2 aromatic carbocycles. The first-order valence-corrected chi connectivity index (χ1v) is 10.6. The highest BCUT2D eigenvalue weighted by Crippen LogP contribution is 2.50. The Labute approximate surface area is 192 Å². The lowest BCUT2D eigenvalue weighted by atomic mass is 9.59. The van der Waals surface area contributed by atoms with Crippen LogP contribution in [0.4, 0.5) is 0 Å². The average molecular weight is 456 g/mol. The molecule has 0 spiro atoms. The van der Waals surface area contributed by atoms with Crippen LogP contribution in [0, 0.1) is 11.3 Å². The predicted octanol–water partition coefficient (Wildman–Crippen LogP) is 4.87. The first-order valence-electron chi connectivity index (χ1n) is 10.3. The summed E-state index contributed by atoms with van der Waals surface area (Å²) in [6.45, 7) is 3.35. The number of carbonyl (C=O) groups is 2. The van der Waals surface area contributed by atoms with Crippen LogP contribution >= 0.6 is 11.6 Å². The Morgan fingerprint density at radius 2 is 1.88 bits per heavy atom. The number of rotatable bonds is 7. The number of aliphatic imine (C=N–C) groups is 1. The summed E-state index contributed by atoms with van der Waals surface area (Å²) in [6, 6.07) is 13.5. The molecule has 168 valence electrons. The van der Waals surface area contributed by atoms with Gasteiger partial charge < -0.3 is 14.9 Å². The van der Waals surface area contributed by atoms with Crippen molar-refractivity contribution in [3.8, 4) is 5.75 Å². The van der Waals surface area contributed by atoms with Crippen molar-refractivity contribution in [2.45, 2.75) is 32.2 Å². The molecule has 3 rings (SSSR count). The van der Waals surface area contributed by atoms with Crippen molar-refractivity contribution in [1.82, 2.24) is 0 Å². The zero-order valence-electron chi connectivity index (χ0n) is 18.2. The summed E-state index contributed by atoms with van der Waals surface area (Å²) in [4.78, 5) is 29.5. The van der Waals surface area contributed by atoms with Gasteiger partial charge in [0.2, 0.25) is 0 Å². The molecule has 7 heteroatoms. The zero-order valence-corrected chi connectivity index (χ0v) is 18.9. The van der Waals surface area contributed by atoms with Crippen molar-refractivity contribution in [1.29, 1.82) is 0 Å². The number of methoxy groups -OCH3 is 1. The van der Waals surface area contributed by atoms with E-state index in [1.165, 1.54) is 0 Å². The van der Waals surface area contributed by atoms with Crippen LogP contribution < -0.4 is 4.74 Å². The van der Waals surface area contributed by atoms with E-state index in [9.17, 15) is 19.8 Å². The summed E-state index contributed by atoms with van der Waals surface area (Å²) in [5, 5.41) is 20.9. The maximum Gasteiger partial charge on any atom is 0.316 e. The third-order valence-electron chi connectivity index (χ3n) is 6.14. The monoisotopic (exact) mass is 455 g/mol. The third-order valence-corrected chi connectivity index (χ3v) is 6.37. The largest absolute Gasteiger partial charge is 0.497 e. The van der Waals surface area contributed by atoms with E-state index < -0.39 is 35.2 Å². The minimum atomic E-state index is -1.56. The second-order valence-corrected chi connectivity index (χ2v) is 8.42. The average Bonchev–Trinajstić information content (AvgIpc) is 2.74. The van der Waals surface area contributed by atoms with E-state index in [1.807, 2.05) is 24.3 Å². The van der Waals surface area contributed by atoms with E-state index >= 15 is 0 Å². The van der Waals surface area contributed by atoms with Crippen LogP contribution in [0.3, 0.4) is 0 Å². The fourth-order valence-corrected chi connectivity index (χ4v) is 4.74. The van der Waals surface area contributed by atoms with Crippen LogP contribution in [0.1, 0.15) is 30.9 Å². The number of carboxylic acid groups (broad SMARTS) is 2. The van der Waals surface area contributed by atoms with E-state index in [1.54, 1.807) is 57.4 Å². The minimum absolute atomic E-state index is 0.399. The van der Waals surface area contributed by atoms with Gasteiger partial charge in [-0.3, -0.25) is 14.6 Å². The van der Waals surface area contributed by atoms with Crippen molar-refractivity contribution in [3.05, 3.63) is 76.8 Å². The lowest BCUT2D eigenvalue weighted by Gasteiger charge is -2.44. The van der Waals surface area contributed by atoms with Crippen molar-refractivity contribution in [2.24, 2.45) is 16.3 Å². The van der Waals surface area contributed by atoms with Gasteiger partial charge in [-0.2, -0.15) is 0 Å². The van der Waals surface area contributed by atoms with Crippen LogP contribution in [0.15, 0.2) is 65.7 Å². The van der Waals surface area contributed by atoms with Gasteiger partial charge in [0.1, 0.15) is 17.1 Å². The first-order chi connectivity index (χ1) is 15.2. The predicted molar refractivity (Wildman–Crippen MR) is 124 cm³/mol. The number of benzene rings is 2. The molecule has 6 nitrogen and oxygen atoms in total. The van der Waals surface area contributed by atoms with Gasteiger partial charge in [-0.15, -0.1) is 0 Å². The topological polar surface area (TPSA) is 96.2 Å². The normalized spacial score (nSPS) is 25.4. The SMILES string of the molecule is COc1ccc(CC=CC2(C(=O)O)C(C)N=C(C)C(C(=O)O)C2c2cccc(Cl)c2)cc1. The maximum atomic E-state index is 12.8. The molecule has 2 aromatic rings. The number of hydrogen-bond donors (Lipinski definition) is 2. The van der Waals surface area contributed by atoms with Gasteiger partial charge in [0, 0.05) is 16.7 Å². The summed E-state index contributed by atoms with van der Waals surface area (Å²) in [5.74, 6) is -3.47. The lowest BCUT2D eigenvalue weighted by Crippen LogP contribution is -2.53. The first kappa shape index (κ1) is 23.5. The second-order valence-electron chi connectivity index (χ2n) is 7.99. The molecule has 0 aliphatic carbocycles. The van der Waals surface area contributed by atoms with Gasteiger partial charge in [0.25, 0.3) is 0 Å². The van der Waals surface area contributed by atoms with Crippen LogP contribution in [-0.4, -0.2) is 41.0 Å². The summed E-state index contributed by atoms with van der Waals surface area (Å²) >= 11 is 6.19. The van der Waals surface area contributed by atoms with E-state index in [4.69, 9.17) is 16.3 Å². The molecule has 0 radical (unpaired) electrons. The second kappa shape index (κ2) is 9.57. The Morgan fingerprint density at radius 1 is 1.19 bits per heavy atom. The Balaban J connectivity index is 2.11. The lowest BCUT2D eigenvalue weighted by molar-refractivity contribution is -0.151. The molecule has 1 aliphatic heterocycles. The Morgan fingerprint density at radius 3 is 2.44 bits per heavy atom. The van der Waals surface area contributed by atoms with Gasteiger partial charge in [-0.1, -0.05) is 48.0 Å². The molecule has 0 bridgehead atoms. The Kier molecular flexibility index (Phi) is 7.04. The Hall–Kier alpha value is -3.12. The summed E-state index contributed by atoms with van der Waals surface area (Å²) in [6.07, 6.45) is 3.87. The molecule has 0 fully saturated rings. The smallest absolute Gasteiger partial charge is 0.316 e. The van der Waals surface area contributed by atoms with Gasteiger partial charge in [0.05, 0.1) is 13.2 Å². The van der Waals surface area contributed by atoms with Crippen molar-refractivity contribution in [3.63, 3.8) is 0 Å². The Bertz CT molecular complexity index is 1060. The van der Waals surface area contributed by atoms with Crippen LogP contribution in [-0.2, 0) is 16.0 Å². The van der Waals surface area contributed by atoms with Crippen molar-refractivity contribution < 1.29 is 24.5 Å². The summed E-state index contributed by atoms with van der Waals surface area (Å²) in [7, 11) is 1.59. The number of hydrogen-bond acceptors (Lipinski definition) is 4. The van der Waals surface area contributed by atoms with E-state index in [2.05, 4.69) is 4.99 Å². The van der Waals surface area contributed by atoms with Crippen molar-refractivity contribution >= 4 is 29.3 Å². The van der Waals surface area contributed by atoms with Gasteiger partial charge >= 0.3 is 11.9 Å². The zero-order chi connectivity index (χ0) is 23.5. The van der Waals surface area contributed by atoms with Crippen molar-refractivity contribution in [2.75, 3.05) is 7.11 Å². The highest BCUT2D eigenvalue weighted by Gasteiger charge is 2.57. The molecule has 1 aliphatic rings. The highest BCUT2D eigenvalue weighted by molar-refractivity contribution is 6.30. The molecule has 2 N–H and O–H groups in total. The molecule has 32 heavy (non-hydrogen) atoms. The molecule has 0 aromatic heterocycles. The summed E-state index contributed by atoms with van der Waals surface area (Å²) in [5.41, 5.74) is 0.373. The minimum Gasteiger partial charge on any atom is -0.497 e. The van der Waals surface area contributed by atoms with Crippen LogP contribution in [0.5, 0.6) is 5.75 Å². The molecule has 4 unspecified atom stereocenters. The molecule has 1 heterocycles. The number of halogens is 1. The summed E-state index contributed by atoms with van der Waals surface area (Å²) < 4.78 is 5.17. The van der Waals surface area contributed by atoms with Gasteiger partial charge in [-0.25, -0.2) is 0 Å². The molecule has 0 saturated carbocycles. The fourth-order valence-electron chi connectivity index (χ4n) is 4.54. The number of nitrogens with zero attached hydrogens (tertiary/aromatic N) is 1. The highest BCUT2D eigenvalue weighted by atomic mass is 35.5. The molecular weight excluding hydrogens is 430 g/mol. The molecule has 0 saturated heterocycles. The van der Waals surface area contributed by atoms with E-state index in [-0.39, 0.29) is 0 Å². The quantitative estimate of drug-likeness (QED) is 0.581. The fraction of sp³-hybridized carbons (Fsp3) is 0.320. The van der Waals surface area contributed by atoms with E-state index in [0.717, 1.165) is 11.3 Å². The molecule has 4 atom stereocenters. The molecular formula is C25H26ClNO5. The number of ether oxygens (including phenoxy) is 1. The van der Waals surface area contributed by atoms with Crippen LogP contribution in [0.25, 0.3) is 0 Å². The molecule has 0 amide bonds. The van der Waals surface area contributed by atoms with E-state index in [0.29, 0.717) is 22.7 Å². The number of carboxylic acids is 2. The van der Waals surface area contributed by atoms with Gasteiger partial charge in [0.15, 0.2) is 0 Å². The van der Waals surface area contributed by atoms with Crippen LogP contribution in [0.2, 0.25) is 5.02 Å². The number of aliphatic carboxylic acids is 2. The number of allylic oxidation sites excluding steroid dienone is 1. The third kappa shape index (κ3) is 4.41. The van der Waals surface area contributed by atoms with Gasteiger partial charge in [-0.05, 0) is 55.7 Å². The standard InChI is InChI=1S/C25H26ClNO5/c1-15-21(23(28)29)22(18-7-4-8-19(26)14-18)25(24(30)31,16(2)27-15)13-5-6-17-9-11-20(32-3)12-10-17/h4-5,7-14,16,21-22H,6H2,1-3H3,(H,28,29)(H,30,31).